The van der Waals surface area contributed by atoms with Gasteiger partial charge in [-0.05, 0) is 55.5 Å². The molecular formula is C37H53N3O7Si2. The van der Waals surface area contributed by atoms with Gasteiger partial charge in [0, 0.05) is 43.1 Å². The molecule has 1 aromatic rings. The Bertz CT molecular complexity index is 1640. The third-order valence-corrected chi connectivity index (χ3v) is 13.6. The van der Waals surface area contributed by atoms with E-state index in [2.05, 4.69) is 53.4 Å². The Morgan fingerprint density at radius 2 is 1.67 bits per heavy atom. The largest absolute Gasteiger partial charge is 0.450 e. The summed E-state index contributed by atoms with van der Waals surface area (Å²) in [6, 6.07) is 8.32. The molecule has 0 aromatic heterocycles. The highest BCUT2D eigenvalue weighted by Gasteiger charge is 2.55. The van der Waals surface area contributed by atoms with E-state index in [9.17, 15) is 19.2 Å². The summed E-state index contributed by atoms with van der Waals surface area (Å²) >= 11 is 0. The van der Waals surface area contributed by atoms with Crippen LogP contribution >= 0.6 is 0 Å². The lowest BCUT2D eigenvalue weighted by Crippen LogP contribution is -2.56. The number of allylic oxidation sites excluding steroid dienone is 2. The SMILES string of the molecule is CCC1(OC(=O)CNC(=O)OC(C)(C)C)C2=C(COC1CC(=O)[Si](C)(C)C)C(CC(=O)[Si](C)(C)C)C1=C(C2)NC2=Cc3ccccc3CN21. The van der Waals surface area contributed by atoms with Crippen molar-refractivity contribution in [3.8, 4) is 0 Å². The van der Waals surface area contributed by atoms with Gasteiger partial charge in [-0.1, -0.05) is 70.5 Å². The molecule has 3 aliphatic heterocycles. The zero-order valence-corrected chi connectivity index (χ0v) is 32.8. The molecule has 1 aliphatic carbocycles. The van der Waals surface area contributed by atoms with Crippen LogP contribution in [0.2, 0.25) is 39.3 Å². The molecule has 4 aliphatic rings. The third-order valence-electron chi connectivity index (χ3n) is 9.84. The molecule has 3 unspecified atom stereocenters. The zero-order valence-electron chi connectivity index (χ0n) is 30.8. The Kier molecular flexibility index (Phi) is 10.0. The van der Waals surface area contributed by atoms with Gasteiger partial charge in [0.2, 0.25) is 0 Å². The van der Waals surface area contributed by atoms with Crippen LogP contribution in [0, 0.1) is 5.92 Å². The molecule has 1 amide bonds. The first kappa shape index (κ1) is 36.8. The minimum absolute atomic E-state index is 0.109. The molecule has 1 aromatic carbocycles. The number of hydrogen-bond acceptors (Lipinski definition) is 9. The Labute approximate surface area is 292 Å². The number of fused-ring (bicyclic) bond motifs is 3. The molecule has 2 N–H and O–H groups in total. The monoisotopic (exact) mass is 707 g/mol. The molecule has 5 rings (SSSR count). The first-order valence-corrected chi connectivity index (χ1v) is 24.4. The second-order valence-electron chi connectivity index (χ2n) is 16.7. The van der Waals surface area contributed by atoms with Crippen molar-refractivity contribution in [2.24, 2.45) is 5.92 Å². The number of amides is 1. The number of hydrogen-bond donors (Lipinski definition) is 2. The van der Waals surface area contributed by atoms with Gasteiger partial charge >= 0.3 is 12.1 Å². The first-order chi connectivity index (χ1) is 22.7. The summed E-state index contributed by atoms with van der Waals surface area (Å²) < 4.78 is 18.4. The number of rotatable bonds is 10. The lowest BCUT2D eigenvalue weighted by atomic mass is 9.70. The Balaban J connectivity index is 1.57. The normalized spacial score (nSPS) is 23.4. The van der Waals surface area contributed by atoms with Crippen LogP contribution in [0.5, 0.6) is 0 Å². The molecule has 3 heterocycles. The predicted molar refractivity (Wildman–Crippen MR) is 194 cm³/mol. The standard InChI is InChI=1S/C37H53N3O7Si2/c1-11-37(46-31(41)20-38-35(44)47-36(2,3)4)27-18-28-34(40-21-24-15-13-12-14-23(24)16-30(40)39-28)25(17-32(42)48(5,6)7)26(27)22-45-29(37)19-33(43)49(8,9)10/h12-16,25,29,39H,11,17-22H2,1-10H3,(H,38,44). The van der Waals surface area contributed by atoms with Gasteiger partial charge in [0.05, 0.1) is 6.61 Å². The highest BCUT2D eigenvalue weighted by Crippen LogP contribution is 2.52. The van der Waals surface area contributed by atoms with Crippen LogP contribution < -0.4 is 10.6 Å². The van der Waals surface area contributed by atoms with Crippen LogP contribution in [0.4, 0.5) is 4.79 Å². The summed E-state index contributed by atoms with van der Waals surface area (Å²) in [5.41, 5.74) is 4.21. The average molecular weight is 708 g/mol. The molecule has 0 bridgehead atoms. The van der Waals surface area contributed by atoms with E-state index in [0.29, 0.717) is 25.8 Å². The van der Waals surface area contributed by atoms with E-state index in [1.807, 2.05) is 38.7 Å². The van der Waals surface area contributed by atoms with Crippen LogP contribution in [-0.4, -0.2) is 74.4 Å². The van der Waals surface area contributed by atoms with Gasteiger partial charge in [-0.15, -0.1) is 0 Å². The zero-order chi connectivity index (χ0) is 36.1. The van der Waals surface area contributed by atoms with Crippen molar-refractivity contribution in [3.63, 3.8) is 0 Å². The third kappa shape index (κ3) is 7.66. The maximum atomic E-state index is 13.9. The summed E-state index contributed by atoms with van der Waals surface area (Å²) in [4.78, 5) is 55.8. The number of nitrogens with zero attached hydrogens (tertiary/aromatic N) is 1. The van der Waals surface area contributed by atoms with Gasteiger partial charge < -0.3 is 39.3 Å². The van der Waals surface area contributed by atoms with Crippen LogP contribution in [0.3, 0.4) is 0 Å². The van der Waals surface area contributed by atoms with Crippen LogP contribution in [0.25, 0.3) is 6.08 Å². The summed E-state index contributed by atoms with van der Waals surface area (Å²) in [6.07, 6.45) is 1.93. The quantitative estimate of drug-likeness (QED) is 0.166. The fourth-order valence-electron chi connectivity index (χ4n) is 7.08. The molecule has 0 saturated heterocycles. The van der Waals surface area contributed by atoms with Gasteiger partial charge in [0.15, 0.2) is 5.60 Å². The van der Waals surface area contributed by atoms with Crippen molar-refractivity contribution in [2.75, 3.05) is 13.2 Å². The van der Waals surface area contributed by atoms with E-state index in [1.165, 1.54) is 5.56 Å². The Hall–Kier alpha value is -3.49. The Morgan fingerprint density at radius 1 is 1.02 bits per heavy atom. The van der Waals surface area contributed by atoms with Crippen LogP contribution in [0.15, 0.2) is 52.6 Å². The van der Waals surface area contributed by atoms with E-state index in [4.69, 9.17) is 14.2 Å². The van der Waals surface area contributed by atoms with Crippen molar-refractivity contribution < 1.29 is 33.4 Å². The van der Waals surface area contributed by atoms with Crippen LogP contribution in [-0.2, 0) is 35.1 Å². The molecule has 10 nitrogen and oxygen atoms in total. The summed E-state index contributed by atoms with van der Waals surface area (Å²) in [6.45, 7) is 19.9. The smallest absolute Gasteiger partial charge is 0.408 e. The van der Waals surface area contributed by atoms with Gasteiger partial charge in [-0.25, -0.2) is 4.79 Å². The van der Waals surface area contributed by atoms with E-state index in [-0.39, 0.29) is 29.8 Å². The van der Waals surface area contributed by atoms with Crippen molar-refractivity contribution in [1.29, 1.82) is 0 Å². The molecule has 12 heteroatoms. The van der Waals surface area contributed by atoms with Gasteiger partial charge in [-0.3, -0.25) is 4.79 Å². The number of esters is 1. The van der Waals surface area contributed by atoms with Gasteiger partial charge in [-0.2, -0.15) is 0 Å². The fourth-order valence-corrected chi connectivity index (χ4v) is 8.69. The highest BCUT2D eigenvalue weighted by atomic mass is 28.3. The second kappa shape index (κ2) is 13.3. The minimum atomic E-state index is -2.21. The van der Waals surface area contributed by atoms with Crippen molar-refractivity contribution in [3.05, 3.63) is 63.8 Å². The number of benzene rings is 1. The van der Waals surface area contributed by atoms with Crippen molar-refractivity contribution in [1.82, 2.24) is 15.5 Å². The maximum Gasteiger partial charge on any atom is 0.408 e. The Morgan fingerprint density at radius 3 is 2.31 bits per heavy atom. The topological polar surface area (TPSA) is 123 Å². The molecule has 3 atom stereocenters. The van der Waals surface area contributed by atoms with Crippen molar-refractivity contribution in [2.45, 2.75) is 117 Å². The highest BCUT2D eigenvalue weighted by molar-refractivity contribution is 7.03. The number of carbonyl (C=O) groups excluding carboxylic acids is 4. The lowest BCUT2D eigenvalue weighted by molar-refractivity contribution is -0.176. The van der Waals surface area contributed by atoms with E-state index in [0.717, 1.165) is 33.9 Å². The summed E-state index contributed by atoms with van der Waals surface area (Å²) in [5.74, 6) is 0.0146. The van der Waals surface area contributed by atoms with Gasteiger partial charge in [0.1, 0.15) is 51.0 Å². The molecule has 0 saturated carbocycles. The van der Waals surface area contributed by atoms with E-state index < -0.39 is 52.1 Å². The number of nitrogens with one attached hydrogen (secondary N) is 2. The second-order valence-corrected chi connectivity index (χ2v) is 26.8. The first-order valence-electron chi connectivity index (χ1n) is 17.4. The molecule has 0 radical (unpaired) electrons. The van der Waals surface area contributed by atoms with E-state index >= 15 is 0 Å². The van der Waals surface area contributed by atoms with Crippen molar-refractivity contribution >= 4 is 45.1 Å². The van der Waals surface area contributed by atoms with Crippen LogP contribution in [0.1, 0.15) is 64.5 Å². The predicted octanol–water partition coefficient (Wildman–Crippen LogP) is 6.22. The number of alkyl carbamates (subject to hydrolysis) is 1. The molecular weight excluding hydrogens is 655 g/mol. The van der Waals surface area contributed by atoms with E-state index in [1.54, 1.807) is 20.8 Å². The molecule has 0 fully saturated rings. The summed E-state index contributed by atoms with van der Waals surface area (Å²) in [7, 11) is -4.38. The number of ether oxygens (including phenoxy) is 3. The maximum absolute atomic E-state index is 13.9. The fraction of sp³-hybridized carbons (Fsp3) is 0.568. The average Bonchev–Trinajstić information content (AvgIpc) is 3.35. The molecule has 49 heavy (non-hydrogen) atoms. The minimum Gasteiger partial charge on any atom is -0.450 e. The molecule has 266 valence electrons. The lowest BCUT2D eigenvalue weighted by Gasteiger charge is -2.49. The van der Waals surface area contributed by atoms with Gasteiger partial charge in [0.25, 0.3) is 0 Å². The summed E-state index contributed by atoms with van der Waals surface area (Å²) in [5, 5.41) is 6.59. The molecule has 0 spiro atoms. The number of carbonyl (C=O) groups is 4.